The van der Waals surface area contributed by atoms with Crippen molar-refractivity contribution in [1.29, 1.82) is 0 Å². The Morgan fingerprint density at radius 2 is 1.24 bits per heavy atom. The maximum atomic E-state index is 6.12. The van der Waals surface area contributed by atoms with Crippen LogP contribution in [0.25, 0.3) is 11.1 Å². The van der Waals surface area contributed by atoms with E-state index in [0.717, 1.165) is 5.56 Å². The minimum absolute atomic E-state index is 0.465. The number of benzene rings is 2. The van der Waals surface area contributed by atoms with Crippen LogP contribution in [0.15, 0.2) is 35.2 Å². The van der Waals surface area contributed by atoms with Gasteiger partial charge >= 0.3 is 0 Å². The molecule has 88 valence electrons. The Morgan fingerprint density at radius 3 is 1.71 bits per heavy atom. The first-order valence-corrected chi connectivity index (χ1v) is 6.59. The normalized spacial score (nSPS) is 10.6. The third-order valence-electron chi connectivity index (χ3n) is 2.27. The molecule has 0 saturated heterocycles. The molecule has 0 aromatic heterocycles. The Morgan fingerprint density at radius 1 is 0.765 bits per heavy atom. The molecule has 2 aromatic rings. The van der Waals surface area contributed by atoms with Crippen molar-refractivity contribution in [1.82, 2.24) is 0 Å². The zero-order valence-corrected chi connectivity index (χ0v) is 12.3. The predicted octanol–water partition coefficient (Wildman–Crippen LogP) is 6.26. The van der Waals surface area contributed by atoms with Gasteiger partial charge in [-0.05, 0) is 29.8 Å². The van der Waals surface area contributed by atoms with Gasteiger partial charge in [-0.1, -0.05) is 52.5 Å². The second-order valence-electron chi connectivity index (χ2n) is 3.39. The average Bonchev–Trinajstić information content (AvgIpc) is 2.25. The lowest BCUT2D eigenvalue weighted by Gasteiger charge is -2.09. The Balaban J connectivity index is 2.69. The van der Waals surface area contributed by atoms with Crippen molar-refractivity contribution in [3.05, 3.63) is 50.4 Å². The van der Waals surface area contributed by atoms with E-state index >= 15 is 0 Å². The maximum Gasteiger partial charge on any atom is 0.0560 e. The van der Waals surface area contributed by atoms with E-state index in [0.29, 0.717) is 30.5 Å². The third kappa shape index (κ3) is 2.69. The lowest BCUT2D eigenvalue weighted by atomic mass is 10.1. The van der Waals surface area contributed by atoms with Gasteiger partial charge in [0.2, 0.25) is 0 Å². The van der Waals surface area contributed by atoms with Crippen LogP contribution in [0.3, 0.4) is 0 Å². The van der Waals surface area contributed by atoms with E-state index in [4.69, 9.17) is 46.4 Å². The molecule has 0 radical (unpaired) electrons. The Kier molecular flexibility index (Phi) is 4.17. The lowest BCUT2D eigenvalue weighted by Crippen LogP contribution is -1.84. The summed E-state index contributed by atoms with van der Waals surface area (Å²) in [4.78, 5) is 0.542. The topological polar surface area (TPSA) is 0 Å². The van der Waals surface area contributed by atoms with Crippen LogP contribution >= 0.6 is 59.0 Å². The number of rotatable bonds is 1. The molecule has 0 aliphatic heterocycles. The van der Waals surface area contributed by atoms with Crippen molar-refractivity contribution in [3.8, 4) is 11.1 Å². The van der Waals surface area contributed by atoms with Crippen LogP contribution in [0.1, 0.15) is 0 Å². The summed E-state index contributed by atoms with van der Waals surface area (Å²) in [6.07, 6.45) is 0. The largest absolute Gasteiger partial charge is 0.140 e. The van der Waals surface area contributed by atoms with Crippen LogP contribution in [0.5, 0.6) is 0 Å². The number of halogens is 4. The highest BCUT2D eigenvalue weighted by molar-refractivity contribution is 7.80. The summed E-state index contributed by atoms with van der Waals surface area (Å²) in [6, 6.07) is 8.79. The molecule has 0 aliphatic rings. The van der Waals surface area contributed by atoms with Gasteiger partial charge in [0, 0.05) is 20.5 Å². The minimum Gasteiger partial charge on any atom is -0.140 e. The molecule has 5 heteroatoms. The highest BCUT2D eigenvalue weighted by Gasteiger charge is 2.12. The summed E-state index contributed by atoms with van der Waals surface area (Å²) < 4.78 is 0. The summed E-state index contributed by atoms with van der Waals surface area (Å²) in [5, 5.41) is 2.03. The quantitative estimate of drug-likeness (QED) is 0.588. The molecule has 0 unspecified atom stereocenters. The highest BCUT2D eigenvalue weighted by atomic mass is 35.5. The Labute approximate surface area is 125 Å². The molecule has 0 saturated carbocycles. The standard InChI is InChI=1S/C12H6Cl4S/c13-7-2-1-3-8(14)11(7)6-4-9(15)12(17)10(16)5-6/h1-5,17H. The van der Waals surface area contributed by atoms with Gasteiger partial charge in [-0.2, -0.15) is 0 Å². The summed E-state index contributed by atoms with van der Waals surface area (Å²) in [5.41, 5.74) is 1.49. The number of hydrogen-bond donors (Lipinski definition) is 1. The second kappa shape index (κ2) is 5.29. The molecule has 0 fully saturated rings. The summed E-state index contributed by atoms with van der Waals surface area (Å²) in [7, 11) is 0. The molecular weight excluding hydrogens is 318 g/mol. The first-order valence-electron chi connectivity index (χ1n) is 4.63. The van der Waals surface area contributed by atoms with Crippen LogP contribution in [0.2, 0.25) is 20.1 Å². The fourth-order valence-corrected chi connectivity index (χ4v) is 2.72. The molecule has 0 N–H and O–H groups in total. The van der Waals surface area contributed by atoms with Crippen LogP contribution in [-0.2, 0) is 0 Å². The van der Waals surface area contributed by atoms with Crippen molar-refractivity contribution < 1.29 is 0 Å². The van der Waals surface area contributed by atoms with Gasteiger partial charge < -0.3 is 0 Å². The van der Waals surface area contributed by atoms with Gasteiger partial charge in [-0.15, -0.1) is 12.6 Å². The Hall–Kier alpha value is -0.0500. The molecule has 0 nitrogen and oxygen atoms in total. The van der Waals surface area contributed by atoms with Crippen molar-refractivity contribution in [2.45, 2.75) is 4.90 Å². The molecule has 0 atom stereocenters. The van der Waals surface area contributed by atoms with E-state index in [1.807, 2.05) is 0 Å². The molecule has 2 rings (SSSR count). The van der Waals surface area contributed by atoms with Gasteiger partial charge in [0.05, 0.1) is 10.0 Å². The van der Waals surface area contributed by atoms with Gasteiger partial charge in [0.1, 0.15) is 0 Å². The number of hydrogen-bond acceptors (Lipinski definition) is 1. The summed E-state index contributed by atoms with van der Waals surface area (Å²) in [5.74, 6) is 0. The monoisotopic (exact) mass is 322 g/mol. The first kappa shape index (κ1) is 13.4. The maximum absolute atomic E-state index is 6.12. The fraction of sp³-hybridized carbons (Fsp3) is 0. The van der Waals surface area contributed by atoms with Crippen LogP contribution in [0, 0.1) is 0 Å². The molecular formula is C12H6Cl4S. The van der Waals surface area contributed by atoms with Crippen molar-refractivity contribution >= 4 is 59.0 Å². The summed E-state index contributed by atoms with van der Waals surface area (Å²) in [6.45, 7) is 0. The van der Waals surface area contributed by atoms with E-state index in [2.05, 4.69) is 12.6 Å². The average molecular weight is 324 g/mol. The van der Waals surface area contributed by atoms with E-state index < -0.39 is 0 Å². The van der Waals surface area contributed by atoms with Gasteiger partial charge in [-0.3, -0.25) is 0 Å². The third-order valence-corrected chi connectivity index (χ3v) is 4.24. The van der Waals surface area contributed by atoms with Gasteiger partial charge in [-0.25, -0.2) is 0 Å². The van der Waals surface area contributed by atoms with E-state index in [-0.39, 0.29) is 0 Å². The van der Waals surface area contributed by atoms with Crippen LogP contribution in [0.4, 0.5) is 0 Å². The van der Waals surface area contributed by atoms with Gasteiger partial charge in [0.15, 0.2) is 0 Å². The van der Waals surface area contributed by atoms with E-state index in [1.165, 1.54) is 0 Å². The minimum atomic E-state index is 0.465. The zero-order chi connectivity index (χ0) is 12.6. The van der Waals surface area contributed by atoms with E-state index in [1.54, 1.807) is 30.3 Å². The molecule has 0 spiro atoms. The molecule has 0 amide bonds. The van der Waals surface area contributed by atoms with Gasteiger partial charge in [0.25, 0.3) is 0 Å². The lowest BCUT2D eigenvalue weighted by molar-refractivity contribution is 1.47. The molecule has 0 heterocycles. The fourth-order valence-electron chi connectivity index (χ4n) is 1.48. The smallest absolute Gasteiger partial charge is 0.0560 e. The van der Waals surface area contributed by atoms with Crippen LogP contribution in [-0.4, -0.2) is 0 Å². The first-order chi connectivity index (χ1) is 8.00. The predicted molar refractivity (Wildman–Crippen MR) is 79.2 cm³/mol. The number of thiol groups is 1. The van der Waals surface area contributed by atoms with Crippen LogP contribution < -0.4 is 0 Å². The molecule has 0 aliphatic carbocycles. The Bertz CT molecular complexity index is 537. The van der Waals surface area contributed by atoms with E-state index in [9.17, 15) is 0 Å². The molecule has 17 heavy (non-hydrogen) atoms. The molecule has 0 bridgehead atoms. The zero-order valence-electron chi connectivity index (χ0n) is 8.35. The summed E-state index contributed by atoms with van der Waals surface area (Å²) >= 11 is 28.5. The highest BCUT2D eigenvalue weighted by Crippen LogP contribution is 2.39. The van der Waals surface area contributed by atoms with Crippen molar-refractivity contribution in [2.75, 3.05) is 0 Å². The van der Waals surface area contributed by atoms with Crippen molar-refractivity contribution in [3.63, 3.8) is 0 Å². The molecule has 2 aromatic carbocycles. The SMILES string of the molecule is Sc1c(Cl)cc(-c2c(Cl)cccc2Cl)cc1Cl. The van der Waals surface area contributed by atoms with Crippen molar-refractivity contribution in [2.24, 2.45) is 0 Å². The second-order valence-corrected chi connectivity index (χ2v) is 5.46.